The maximum absolute atomic E-state index is 12.3. The molecule has 0 saturated heterocycles. The summed E-state index contributed by atoms with van der Waals surface area (Å²) in [5.41, 5.74) is 12.6. The van der Waals surface area contributed by atoms with E-state index in [2.05, 4.69) is 23.6 Å². The third kappa shape index (κ3) is 3.81. The second kappa shape index (κ2) is 9.19. The van der Waals surface area contributed by atoms with Crippen molar-refractivity contribution in [2.45, 2.75) is 64.8 Å². The first kappa shape index (κ1) is 22.1. The molecule has 1 aliphatic heterocycles. The van der Waals surface area contributed by atoms with Crippen molar-refractivity contribution >= 4 is 28.4 Å². The lowest BCUT2D eigenvalue weighted by Gasteiger charge is -2.24. The molecule has 0 spiro atoms. The Balaban J connectivity index is 2.09. The molecule has 2 aromatic rings. The van der Waals surface area contributed by atoms with Gasteiger partial charge in [-0.2, -0.15) is 0 Å². The summed E-state index contributed by atoms with van der Waals surface area (Å²) in [6.45, 7) is 4.54. The molecular weight excluding hydrogens is 400 g/mol. The fourth-order valence-corrected chi connectivity index (χ4v) is 5.39. The molecule has 0 bridgehead atoms. The van der Waals surface area contributed by atoms with Crippen molar-refractivity contribution in [3.63, 3.8) is 0 Å². The number of ether oxygens (including phenoxy) is 1. The number of nitrogens with zero attached hydrogens (tertiary/aromatic N) is 1. The van der Waals surface area contributed by atoms with E-state index in [-0.39, 0.29) is 5.97 Å². The van der Waals surface area contributed by atoms with Crippen LogP contribution in [0.15, 0.2) is 47.6 Å². The average Bonchev–Trinajstić information content (AvgIpc) is 3.02. The molecule has 1 aromatic carbocycles. The van der Waals surface area contributed by atoms with E-state index in [0.29, 0.717) is 23.6 Å². The van der Waals surface area contributed by atoms with Crippen LogP contribution in [0.5, 0.6) is 0 Å². The van der Waals surface area contributed by atoms with Crippen LogP contribution < -0.4 is 5.73 Å². The zero-order valence-electron chi connectivity index (χ0n) is 19.2. The molecule has 0 atom stereocenters. The molecule has 2 heterocycles. The molecule has 5 heteroatoms. The molecule has 1 aromatic heterocycles. The molecule has 4 rings (SSSR count). The summed E-state index contributed by atoms with van der Waals surface area (Å²) in [6, 6.07) is 5.82. The van der Waals surface area contributed by atoms with Crippen LogP contribution in [0.1, 0.15) is 79.9 Å². The smallest absolute Gasteiger partial charge is 0.337 e. The van der Waals surface area contributed by atoms with E-state index >= 15 is 0 Å². The Kier molecular flexibility index (Phi) is 6.35. The third-order valence-electron chi connectivity index (χ3n) is 6.85. The van der Waals surface area contributed by atoms with Gasteiger partial charge < -0.3 is 15.0 Å². The number of nitrogens with two attached hydrogens (primary N) is 1. The van der Waals surface area contributed by atoms with Crippen LogP contribution in [-0.2, 0) is 16.1 Å². The quantitative estimate of drug-likeness (QED) is 0.621. The highest BCUT2D eigenvalue weighted by Crippen LogP contribution is 2.45. The van der Waals surface area contributed by atoms with Crippen molar-refractivity contribution in [3.05, 3.63) is 64.4 Å². The van der Waals surface area contributed by atoms with Crippen molar-refractivity contribution in [2.75, 3.05) is 7.11 Å². The van der Waals surface area contributed by atoms with Gasteiger partial charge in [0.1, 0.15) is 0 Å². The van der Waals surface area contributed by atoms with E-state index in [1.165, 1.54) is 43.2 Å². The first-order chi connectivity index (χ1) is 15.5. The van der Waals surface area contributed by atoms with Crippen molar-refractivity contribution in [1.82, 2.24) is 4.57 Å². The van der Waals surface area contributed by atoms with Crippen molar-refractivity contribution in [2.24, 2.45) is 5.73 Å². The summed E-state index contributed by atoms with van der Waals surface area (Å²) in [5.74, 6) is -0.308. The van der Waals surface area contributed by atoms with Crippen LogP contribution in [0.3, 0.4) is 0 Å². The number of hydrogen-bond donors (Lipinski definition) is 1. The highest BCUT2D eigenvalue weighted by atomic mass is 16.5. The Labute approximate surface area is 189 Å². The van der Waals surface area contributed by atoms with Gasteiger partial charge in [-0.25, -0.2) is 4.79 Å². The zero-order valence-corrected chi connectivity index (χ0v) is 19.2. The van der Waals surface area contributed by atoms with E-state index in [1.54, 1.807) is 0 Å². The molecule has 1 aliphatic carbocycles. The van der Waals surface area contributed by atoms with Gasteiger partial charge in [-0.05, 0) is 67.0 Å². The number of primary amides is 1. The van der Waals surface area contributed by atoms with Crippen molar-refractivity contribution in [1.29, 1.82) is 0 Å². The second-order valence-electron chi connectivity index (χ2n) is 8.73. The number of methoxy groups -OCH3 is 1. The Morgan fingerprint density at radius 1 is 1.22 bits per heavy atom. The molecular formula is C27H32N2O3. The summed E-state index contributed by atoms with van der Waals surface area (Å²) >= 11 is 0. The minimum Gasteiger partial charge on any atom is -0.465 e. The maximum Gasteiger partial charge on any atom is 0.337 e. The number of hydrogen-bond acceptors (Lipinski definition) is 3. The van der Waals surface area contributed by atoms with Crippen LogP contribution in [0, 0.1) is 0 Å². The Bertz CT molecular complexity index is 1160. The number of benzene rings is 1. The predicted molar refractivity (Wildman–Crippen MR) is 128 cm³/mol. The van der Waals surface area contributed by atoms with Crippen LogP contribution in [0.2, 0.25) is 0 Å². The van der Waals surface area contributed by atoms with Gasteiger partial charge in [-0.15, -0.1) is 0 Å². The van der Waals surface area contributed by atoms with Crippen molar-refractivity contribution < 1.29 is 14.3 Å². The van der Waals surface area contributed by atoms with Gasteiger partial charge in [-0.1, -0.05) is 44.4 Å². The predicted octanol–water partition coefficient (Wildman–Crippen LogP) is 5.64. The largest absolute Gasteiger partial charge is 0.465 e. The lowest BCUT2D eigenvalue weighted by atomic mass is 9.81. The number of rotatable bonds is 5. The molecule has 2 aliphatic rings. The normalized spacial score (nSPS) is 17.4. The summed E-state index contributed by atoms with van der Waals surface area (Å²) < 4.78 is 7.18. The molecule has 1 fully saturated rings. The van der Waals surface area contributed by atoms with E-state index in [1.807, 2.05) is 31.2 Å². The number of carbonyl (C=O) groups is 2. The molecule has 32 heavy (non-hydrogen) atoms. The SMILES string of the molecule is C/C=C\C1=C(CC)c2c(C3CCCCC3)c3ccc(C(=O)OC)cc3n2CC(C(N)=O)=C1. The Hall–Kier alpha value is -3.08. The minimum absolute atomic E-state index is 0.359. The van der Waals surface area contributed by atoms with Crippen LogP contribution in [-0.4, -0.2) is 23.6 Å². The first-order valence-electron chi connectivity index (χ1n) is 11.6. The van der Waals surface area contributed by atoms with E-state index < -0.39 is 5.91 Å². The zero-order chi connectivity index (χ0) is 22.8. The van der Waals surface area contributed by atoms with Gasteiger partial charge in [0.2, 0.25) is 5.91 Å². The molecule has 0 unspecified atom stereocenters. The highest BCUT2D eigenvalue weighted by Gasteiger charge is 2.30. The molecule has 1 amide bonds. The number of esters is 1. The molecule has 2 N–H and O–H groups in total. The van der Waals surface area contributed by atoms with E-state index in [9.17, 15) is 9.59 Å². The lowest BCUT2D eigenvalue weighted by Crippen LogP contribution is -2.18. The first-order valence-corrected chi connectivity index (χ1v) is 11.6. The fourth-order valence-electron chi connectivity index (χ4n) is 5.39. The monoisotopic (exact) mass is 432 g/mol. The summed E-state index contributed by atoms with van der Waals surface area (Å²) in [7, 11) is 1.40. The number of fused-ring (bicyclic) bond motifs is 3. The molecule has 5 nitrogen and oxygen atoms in total. The summed E-state index contributed by atoms with van der Waals surface area (Å²) in [6.07, 6.45) is 12.9. The van der Waals surface area contributed by atoms with E-state index in [0.717, 1.165) is 35.7 Å². The lowest BCUT2D eigenvalue weighted by molar-refractivity contribution is -0.114. The average molecular weight is 433 g/mol. The van der Waals surface area contributed by atoms with Crippen molar-refractivity contribution in [3.8, 4) is 0 Å². The van der Waals surface area contributed by atoms with Gasteiger partial charge >= 0.3 is 5.97 Å². The van der Waals surface area contributed by atoms with Gasteiger partial charge in [-0.3, -0.25) is 4.79 Å². The molecule has 0 radical (unpaired) electrons. The minimum atomic E-state index is -0.416. The Morgan fingerprint density at radius 2 is 1.97 bits per heavy atom. The summed E-state index contributed by atoms with van der Waals surface area (Å²) in [4.78, 5) is 24.6. The number of allylic oxidation sites excluding steroid dienone is 5. The maximum atomic E-state index is 12.3. The second-order valence-corrected chi connectivity index (χ2v) is 8.73. The van der Waals surface area contributed by atoms with Gasteiger partial charge in [0, 0.05) is 22.2 Å². The molecule has 1 saturated carbocycles. The third-order valence-corrected chi connectivity index (χ3v) is 6.85. The number of carbonyl (C=O) groups excluding carboxylic acids is 2. The molecule has 168 valence electrons. The summed E-state index contributed by atoms with van der Waals surface area (Å²) in [5, 5.41) is 1.16. The van der Waals surface area contributed by atoms with Crippen LogP contribution >= 0.6 is 0 Å². The Morgan fingerprint density at radius 3 is 2.59 bits per heavy atom. The number of amides is 1. The van der Waals surface area contributed by atoms with Gasteiger partial charge in [0.05, 0.1) is 19.2 Å². The topological polar surface area (TPSA) is 74.3 Å². The van der Waals surface area contributed by atoms with Crippen LogP contribution in [0.25, 0.3) is 16.5 Å². The van der Waals surface area contributed by atoms with Gasteiger partial charge in [0.15, 0.2) is 0 Å². The van der Waals surface area contributed by atoms with E-state index in [4.69, 9.17) is 10.5 Å². The number of aromatic nitrogens is 1. The fraction of sp³-hybridized carbons (Fsp3) is 0.407. The highest BCUT2D eigenvalue weighted by molar-refractivity contribution is 6.00. The van der Waals surface area contributed by atoms with Crippen LogP contribution in [0.4, 0.5) is 0 Å². The van der Waals surface area contributed by atoms with Gasteiger partial charge in [0.25, 0.3) is 0 Å². The standard InChI is InChI=1S/C27H32N2O3/c1-4-9-18-14-20(26(28)30)16-29-23-15-19(27(31)32-3)12-13-22(23)24(25(29)21(18)5-2)17-10-7-6-8-11-17/h4,9,12-15,17H,5-8,10-11,16H2,1-3H3,(H2,28,30)/b9-4-.